The Morgan fingerprint density at radius 1 is 1.12 bits per heavy atom. The van der Waals surface area contributed by atoms with Crippen LogP contribution in [-0.4, -0.2) is 61.2 Å². The van der Waals surface area contributed by atoms with Gasteiger partial charge in [0.15, 0.2) is 22.9 Å². The zero-order valence-corrected chi connectivity index (χ0v) is 19.3. The molecule has 1 saturated heterocycles. The van der Waals surface area contributed by atoms with Gasteiger partial charge in [-0.15, -0.1) is 0 Å². The quantitative estimate of drug-likeness (QED) is 0.559. The Bertz CT molecular complexity index is 1150. The summed E-state index contributed by atoms with van der Waals surface area (Å²) in [5.74, 6) is 2.34. The average molecular weight is 452 g/mol. The molecule has 0 saturated carbocycles. The van der Waals surface area contributed by atoms with Crippen LogP contribution in [0.15, 0.2) is 42.5 Å². The molecule has 9 heteroatoms. The lowest BCUT2D eigenvalue weighted by molar-refractivity contribution is -0.133. The lowest BCUT2D eigenvalue weighted by Gasteiger charge is -2.39. The molecule has 1 atom stereocenters. The zero-order chi connectivity index (χ0) is 23.6. The number of methoxy groups -OCH3 is 2. The minimum Gasteiger partial charge on any atom is -0.493 e. The van der Waals surface area contributed by atoms with E-state index in [0.29, 0.717) is 59.6 Å². The number of carbonyl (C=O) groups excluding carboxylic acids is 1. The Morgan fingerprint density at radius 3 is 2.52 bits per heavy atom. The van der Waals surface area contributed by atoms with Gasteiger partial charge >= 0.3 is 0 Å². The fraction of sp³-hybridized carbons (Fsp3) is 0.375. The molecule has 4 rings (SSSR count). The number of anilines is 2. The molecule has 1 unspecified atom stereocenters. The highest BCUT2D eigenvalue weighted by molar-refractivity contribution is 5.95. The molecule has 174 valence electrons. The van der Waals surface area contributed by atoms with Crippen molar-refractivity contribution in [1.29, 1.82) is 0 Å². The summed E-state index contributed by atoms with van der Waals surface area (Å²) < 4.78 is 16.8. The summed E-state index contributed by atoms with van der Waals surface area (Å²) in [6.45, 7) is 5.25. The highest BCUT2D eigenvalue weighted by atomic mass is 16.5. The summed E-state index contributed by atoms with van der Waals surface area (Å²) in [6, 6.07) is 12.3. The van der Waals surface area contributed by atoms with Crippen LogP contribution in [0.5, 0.6) is 17.2 Å². The van der Waals surface area contributed by atoms with Crippen LogP contribution in [-0.2, 0) is 4.79 Å². The van der Waals surface area contributed by atoms with Gasteiger partial charge in [0.05, 0.1) is 19.7 Å². The molecule has 2 heterocycles. The van der Waals surface area contributed by atoms with E-state index in [1.165, 1.54) is 0 Å². The number of hydrogen-bond acceptors (Lipinski definition) is 9. The van der Waals surface area contributed by atoms with Crippen molar-refractivity contribution in [3.05, 3.63) is 42.5 Å². The molecular formula is C24H29N5O4. The van der Waals surface area contributed by atoms with Gasteiger partial charge in [0.2, 0.25) is 5.95 Å². The van der Waals surface area contributed by atoms with E-state index in [0.717, 1.165) is 0 Å². The molecule has 0 spiro atoms. The van der Waals surface area contributed by atoms with Gasteiger partial charge < -0.3 is 30.2 Å². The number of fused-ring (bicyclic) bond motifs is 1. The first kappa shape index (κ1) is 22.6. The normalized spacial score (nSPS) is 16.5. The number of piperazine rings is 1. The monoisotopic (exact) mass is 451 g/mol. The van der Waals surface area contributed by atoms with Crippen LogP contribution in [0.25, 0.3) is 10.9 Å². The van der Waals surface area contributed by atoms with Crippen molar-refractivity contribution in [3.63, 3.8) is 0 Å². The van der Waals surface area contributed by atoms with Crippen molar-refractivity contribution >= 4 is 28.5 Å². The van der Waals surface area contributed by atoms with Crippen LogP contribution < -0.4 is 30.2 Å². The Balaban J connectivity index is 1.68. The summed E-state index contributed by atoms with van der Waals surface area (Å²) >= 11 is 0. The van der Waals surface area contributed by atoms with Crippen molar-refractivity contribution in [2.45, 2.75) is 25.5 Å². The number of hydrogen-bond donors (Lipinski definition) is 2. The van der Waals surface area contributed by atoms with Crippen LogP contribution in [0.4, 0.5) is 11.8 Å². The lowest BCUT2D eigenvalue weighted by Crippen LogP contribution is -2.60. The van der Waals surface area contributed by atoms with Crippen LogP contribution in [0, 0.1) is 0 Å². The predicted molar refractivity (Wildman–Crippen MR) is 127 cm³/mol. The largest absolute Gasteiger partial charge is 0.493 e. The molecule has 1 aliphatic rings. The van der Waals surface area contributed by atoms with Crippen LogP contribution >= 0.6 is 0 Å². The van der Waals surface area contributed by atoms with Crippen molar-refractivity contribution in [2.75, 3.05) is 44.5 Å². The molecule has 0 bridgehead atoms. The van der Waals surface area contributed by atoms with Crippen molar-refractivity contribution in [1.82, 2.24) is 15.3 Å². The van der Waals surface area contributed by atoms with Crippen molar-refractivity contribution < 1.29 is 19.0 Å². The molecule has 9 nitrogen and oxygen atoms in total. The van der Waals surface area contributed by atoms with Gasteiger partial charge in [0.25, 0.3) is 0 Å². The Hall–Kier alpha value is -3.59. The number of para-hydroxylation sites is 1. The van der Waals surface area contributed by atoms with E-state index in [1.807, 2.05) is 35.2 Å². The number of nitrogens with one attached hydrogen (secondary N) is 1. The van der Waals surface area contributed by atoms with Crippen LogP contribution in [0.2, 0.25) is 0 Å². The molecule has 0 aliphatic carbocycles. The summed E-state index contributed by atoms with van der Waals surface area (Å²) in [4.78, 5) is 24.8. The van der Waals surface area contributed by atoms with Crippen LogP contribution in [0.1, 0.15) is 13.8 Å². The van der Waals surface area contributed by atoms with Crippen molar-refractivity contribution in [2.24, 2.45) is 0 Å². The maximum Gasteiger partial charge on any atom is 0.228 e. The number of ketones is 1. The average Bonchev–Trinajstić information content (AvgIpc) is 2.83. The molecule has 1 aromatic heterocycles. The molecule has 3 aromatic rings. The number of aromatic nitrogens is 2. The number of nitrogens with two attached hydrogens (primary N) is 1. The highest BCUT2D eigenvalue weighted by Gasteiger charge is 2.41. The number of Topliss-reactive ketones (excluding diaryl/α,β-unsaturated/α-hetero) is 1. The smallest absolute Gasteiger partial charge is 0.228 e. The summed E-state index contributed by atoms with van der Waals surface area (Å²) in [7, 11) is 3.13. The zero-order valence-electron chi connectivity index (χ0n) is 19.3. The first-order valence-corrected chi connectivity index (χ1v) is 10.8. The second-order valence-electron chi connectivity index (χ2n) is 8.34. The van der Waals surface area contributed by atoms with E-state index in [2.05, 4.69) is 10.3 Å². The summed E-state index contributed by atoms with van der Waals surface area (Å²) in [6.07, 6.45) is 0. The van der Waals surface area contributed by atoms with Gasteiger partial charge in [-0.2, -0.15) is 4.98 Å². The number of nitrogens with zero attached hydrogens (tertiary/aromatic N) is 3. The molecule has 0 amide bonds. The maximum absolute atomic E-state index is 13.6. The first-order valence-electron chi connectivity index (χ1n) is 10.8. The van der Waals surface area contributed by atoms with Gasteiger partial charge in [0, 0.05) is 31.1 Å². The summed E-state index contributed by atoms with van der Waals surface area (Å²) in [5, 5.41) is 3.95. The second kappa shape index (κ2) is 9.11. The van der Waals surface area contributed by atoms with E-state index in [4.69, 9.17) is 24.9 Å². The standard InChI is InChI=1S/C24H29N5O4/c1-24(2,33-15-8-6-5-7-9-15)21(30)18-14-26-10-11-29(18)23-27-17-13-20(32-4)19(31-3)12-16(17)22(25)28-23/h5-9,12-13,18,26H,10-11,14H2,1-4H3,(H2,25,27,28). The number of benzene rings is 2. The minimum atomic E-state index is -1.05. The van der Waals surface area contributed by atoms with Crippen LogP contribution in [0.3, 0.4) is 0 Å². The molecular weight excluding hydrogens is 422 g/mol. The van der Waals surface area contributed by atoms with E-state index >= 15 is 0 Å². The van der Waals surface area contributed by atoms with Gasteiger partial charge in [-0.05, 0) is 32.0 Å². The fourth-order valence-corrected chi connectivity index (χ4v) is 4.01. The Labute approximate surface area is 192 Å². The molecule has 1 aliphatic heterocycles. The predicted octanol–water partition coefficient (Wildman–Crippen LogP) is 2.43. The van der Waals surface area contributed by atoms with E-state index in [1.54, 1.807) is 40.2 Å². The third-order valence-corrected chi connectivity index (χ3v) is 5.73. The second-order valence-corrected chi connectivity index (χ2v) is 8.34. The molecule has 0 radical (unpaired) electrons. The maximum atomic E-state index is 13.6. The van der Waals surface area contributed by atoms with E-state index in [-0.39, 0.29) is 5.78 Å². The Kier molecular flexibility index (Phi) is 6.24. The molecule has 1 fully saturated rings. The molecule has 3 N–H and O–H groups in total. The van der Waals surface area contributed by atoms with E-state index in [9.17, 15) is 4.79 Å². The summed E-state index contributed by atoms with van der Waals surface area (Å²) in [5.41, 5.74) is 5.85. The molecule has 33 heavy (non-hydrogen) atoms. The highest BCUT2D eigenvalue weighted by Crippen LogP contribution is 2.34. The SMILES string of the molecule is COc1cc2nc(N3CCNCC3C(=O)C(C)(C)Oc3ccccc3)nc(N)c2cc1OC. The van der Waals surface area contributed by atoms with Gasteiger partial charge in [0.1, 0.15) is 17.6 Å². The first-order chi connectivity index (χ1) is 15.8. The van der Waals surface area contributed by atoms with Gasteiger partial charge in [-0.1, -0.05) is 18.2 Å². The number of ether oxygens (including phenoxy) is 3. The number of rotatable bonds is 7. The fourth-order valence-electron chi connectivity index (χ4n) is 4.01. The lowest BCUT2D eigenvalue weighted by atomic mass is 9.94. The van der Waals surface area contributed by atoms with Gasteiger partial charge in [-0.3, -0.25) is 4.79 Å². The number of carbonyl (C=O) groups is 1. The van der Waals surface area contributed by atoms with Gasteiger partial charge in [-0.25, -0.2) is 4.98 Å². The number of nitrogen functional groups attached to an aromatic ring is 1. The van der Waals surface area contributed by atoms with E-state index < -0.39 is 11.6 Å². The molecule has 2 aromatic carbocycles. The van der Waals surface area contributed by atoms with Crippen molar-refractivity contribution in [3.8, 4) is 17.2 Å². The third-order valence-electron chi connectivity index (χ3n) is 5.73. The topological polar surface area (TPSA) is 112 Å². The minimum absolute atomic E-state index is 0.0758. The Morgan fingerprint density at radius 2 is 1.82 bits per heavy atom. The third kappa shape index (κ3) is 4.49.